The Bertz CT molecular complexity index is 567. The molecule has 1 fully saturated rings. The van der Waals surface area contributed by atoms with Gasteiger partial charge in [-0.15, -0.1) is 0 Å². The van der Waals surface area contributed by atoms with Gasteiger partial charge in [0.1, 0.15) is 0 Å². The number of carbonyl (C=O) groups excluding carboxylic acids is 1. The Kier molecular flexibility index (Phi) is 5.44. The molecule has 120 valence electrons. The molecule has 0 unspecified atom stereocenters. The molecular weight excluding hydrogens is 270 g/mol. The predicted octanol–water partition coefficient (Wildman–Crippen LogP) is 5.39. The third kappa shape index (κ3) is 3.43. The van der Waals surface area contributed by atoms with E-state index in [1.54, 1.807) is 6.92 Å². The van der Waals surface area contributed by atoms with Crippen LogP contribution in [0.3, 0.4) is 0 Å². The van der Waals surface area contributed by atoms with Crippen LogP contribution >= 0.6 is 0 Å². The highest BCUT2D eigenvalue weighted by atomic mass is 16.1. The summed E-state index contributed by atoms with van der Waals surface area (Å²) in [5.74, 6) is 0.140. The summed E-state index contributed by atoms with van der Waals surface area (Å²) in [6, 6.07) is 4.83. The van der Waals surface area contributed by atoms with Crippen LogP contribution in [0.1, 0.15) is 74.4 Å². The Labute approximate surface area is 135 Å². The van der Waals surface area contributed by atoms with Gasteiger partial charge in [-0.3, -0.25) is 4.79 Å². The van der Waals surface area contributed by atoms with E-state index in [0.717, 1.165) is 28.8 Å². The molecule has 2 heteroatoms. The highest BCUT2D eigenvalue weighted by Crippen LogP contribution is 2.33. The smallest absolute Gasteiger partial charge is 0.160 e. The molecule has 2 nitrogen and oxygen atoms in total. The summed E-state index contributed by atoms with van der Waals surface area (Å²) in [6.07, 6.45) is 6.53. The molecule has 1 saturated carbocycles. The van der Waals surface area contributed by atoms with E-state index in [-0.39, 0.29) is 5.78 Å². The van der Waals surface area contributed by atoms with Crippen molar-refractivity contribution in [2.45, 2.75) is 65.8 Å². The summed E-state index contributed by atoms with van der Waals surface area (Å²) in [7, 11) is 0. The van der Waals surface area contributed by atoms with Gasteiger partial charge in [0.25, 0.3) is 0 Å². The third-order valence-electron chi connectivity index (χ3n) is 4.92. The minimum Gasteiger partial charge on any atom is -0.369 e. The van der Waals surface area contributed by atoms with Gasteiger partial charge < -0.3 is 4.90 Å². The van der Waals surface area contributed by atoms with Crippen molar-refractivity contribution >= 4 is 17.0 Å². The Morgan fingerprint density at radius 3 is 2.36 bits per heavy atom. The molecule has 1 aromatic rings. The zero-order valence-electron chi connectivity index (χ0n) is 14.5. The maximum absolute atomic E-state index is 12.0. The van der Waals surface area contributed by atoms with Gasteiger partial charge in [0.2, 0.25) is 0 Å². The number of hydrogen-bond donors (Lipinski definition) is 0. The monoisotopic (exact) mass is 299 g/mol. The van der Waals surface area contributed by atoms with Gasteiger partial charge in [-0.2, -0.15) is 0 Å². The molecule has 1 aliphatic rings. The average Bonchev–Trinajstić information content (AvgIpc) is 2.50. The van der Waals surface area contributed by atoms with Gasteiger partial charge in [0.05, 0.1) is 0 Å². The predicted molar refractivity (Wildman–Crippen MR) is 95.8 cm³/mol. The molecule has 0 radical (unpaired) electrons. The van der Waals surface area contributed by atoms with Crippen LogP contribution < -0.4 is 4.90 Å². The average molecular weight is 299 g/mol. The standard InChI is InChI=1S/C20H29NO/c1-6-21(18-10-8-7-9-11-18)20-13-17(14(2)3)12-19(15(20)4)16(5)22/h12-13,18H,2,6-11H2,1,3-5H3. The molecule has 0 bridgehead atoms. The molecule has 2 rings (SSSR count). The van der Waals surface area contributed by atoms with E-state index >= 15 is 0 Å². The maximum Gasteiger partial charge on any atom is 0.160 e. The second-order valence-electron chi connectivity index (χ2n) is 6.58. The van der Waals surface area contributed by atoms with Crippen LogP contribution in [-0.2, 0) is 0 Å². The lowest BCUT2D eigenvalue weighted by Gasteiger charge is -2.37. The molecule has 0 aliphatic heterocycles. The molecule has 0 aromatic heterocycles. The molecule has 0 N–H and O–H groups in total. The second-order valence-corrected chi connectivity index (χ2v) is 6.58. The van der Waals surface area contributed by atoms with Crippen molar-refractivity contribution in [3.05, 3.63) is 35.4 Å². The van der Waals surface area contributed by atoms with Gasteiger partial charge in [-0.1, -0.05) is 31.4 Å². The first-order valence-electron chi connectivity index (χ1n) is 8.53. The van der Waals surface area contributed by atoms with E-state index in [9.17, 15) is 4.79 Å². The van der Waals surface area contributed by atoms with E-state index in [0.29, 0.717) is 6.04 Å². The number of carbonyl (C=O) groups is 1. The minimum atomic E-state index is 0.140. The Hall–Kier alpha value is -1.57. The number of nitrogens with zero attached hydrogens (tertiary/aromatic N) is 1. The largest absolute Gasteiger partial charge is 0.369 e. The zero-order chi connectivity index (χ0) is 16.3. The molecule has 0 saturated heterocycles. The molecule has 1 aliphatic carbocycles. The van der Waals surface area contributed by atoms with Gasteiger partial charge >= 0.3 is 0 Å². The van der Waals surface area contributed by atoms with Crippen LogP contribution in [0.4, 0.5) is 5.69 Å². The van der Waals surface area contributed by atoms with Gasteiger partial charge in [-0.25, -0.2) is 0 Å². The van der Waals surface area contributed by atoms with Crippen LogP contribution in [0.15, 0.2) is 18.7 Å². The quantitative estimate of drug-likeness (QED) is 0.679. The number of rotatable bonds is 5. The summed E-state index contributed by atoms with van der Waals surface area (Å²) in [4.78, 5) is 14.5. The van der Waals surface area contributed by atoms with Crippen molar-refractivity contribution in [3.8, 4) is 0 Å². The van der Waals surface area contributed by atoms with E-state index < -0.39 is 0 Å². The second kappa shape index (κ2) is 7.13. The molecule has 22 heavy (non-hydrogen) atoms. The third-order valence-corrected chi connectivity index (χ3v) is 4.92. The van der Waals surface area contributed by atoms with Gasteiger partial charge in [0, 0.05) is 23.8 Å². The van der Waals surface area contributed by atoms with Crippen molar-refractivity contribution in [1.82, 2.24) is 0 Å². The highest BCUT2D eigenvalue weighted by Gasteiger charge is 2.23. The first kappa shape index (κ1) is 16.8. The fourth-order valence-electron chi connectivity index (χ4n) is 3.63. The van der Waals surface area contributed by atoms with E-state index in [4.69, 9.17) is 0 Å². The van der Waals surface area contributed by atoms with E-state index in [2.05, 4.69) is 31.4 Å². The van der Waals surface area contributed by atoms with Crippen LogP contribution in [-0.4, -0.2) is 18.4 Å². The van der Waals surface area contributed by atoms with Crippen molar-refractivity contribution in [2.75, 3.05) is 11.4 Å². The fourth-order valence-corrected chi connectivity index (χ4v) is 3.63. The Morgan fingerprint density at radius 2 is 1.86 bits per heavy atom. The summed E-state index contributed by atoms with van der Waals surface area (Å²) < 4.78 is 0. The van der Waals surface area contributed by atoms with Crippen LogP contribution in [0, 0.1) is 6.92 Å². The number of hydrogen-bond acceptors (Lipinski definition) is 2. The van der Waals surface area contributed by atoms with Gasteiger partial charge in [-0.05, 0) is 63.8 Å². The van der Waals surface area contributed by atoms with Crippen LogP contribution in [0.5, 0.6) is 0 Å². The van der Waals surface area contributed by atoms with Crippen LogP contribution in [0.25, 0.3) is 5.57 Å². The fraction of sp³-hybridized carbons (Fsp3) is 0.550. The summed E-state index contributed by atoms with van der Waals surface area (Å²) >= 11 is 0. The number of ketones is 1. The normalized spacial score (nSPS) is 15.6. The maximum atomic E-state index is 12.0. The minimum absolute atomic E-state index is 0.140. The molecular formula is C20H29NO. The van der Waals surface area contributed by atoms with Crippen molar-refractivity contribution < 1.29 is 4.79 Å². The summed E-state index contributed by atoms with van der Waals surface area (Å²) in [5, 5.41) is 0. The SMILES string of the molecule is C=C(C)c1cc(C(C)=O)c(C)c(N(CC)C2CCCCC2)c1. The van der Waals surface area contributed by atoms with Crippen molar-refractivity contribution in [3.63, 3.8) is 0 Å². The summed E-state index contributed by atoms with van der Waals surface area (Å²) in [6.45, 7) is 13.0. The number of allylic oxidation sites excluding steroid dienone is 1. The lowest BCUT2D eigenvalue weighted by atomic mass is 9.91. The van der Waals surface area contributed by atoms with Gasteiger partial charge in [0.15, 0.2) is 5.78 Å². The topological polar surface area (TPSA) is 20.3 Å². The number of Topliss-reactive ketones (excluding diaryl/α,β-unsaturated/α-hetero) is 1. The molecule has 0 heterocycles. The first-order valence-corrected chi connectivity index (χ1v) is 8.53. The zero-order valence-corrected chi connectivity index (χ0v) is 14.5. The number of anilines is 1. The summed E-state index contributed by atoms with van der Waals surface area (Å²) in [5.41, 5.74) is 5.28. The molecule has 1 aromatic carbocycles. The molecule has 0 spiro atoms. The van der Waals surface area contributed by atoms with E-state index in [1.807, 2.05) is 13.0 Å². The highest BCUT2D eigenvalue weighted by molar-refractivity contribution is 5.98. The molecule has 0 amide bonds. The lowest BCUT2D eigenvalue weighted by Crippen LogP contribution is -2.37. The number of benzene rings is 1. The Morgan fingerprint density at radius 1 is 1.23 bits per heavy atom. The van der Waals surface area contributed by atoms with Crippen LogP contribution in [0.2, 0.25) is 0 Å². The Balaban J connectivity index is 2.50. The molecule has 0 atom stereocenters. The van der Waals surface area contributed by atoms with E-state index in [1.165, 1.54) is 37.8 Å². The lowest BCUT2D eigenvalue weighted by molar-refractivity contribution is 0.101. The first-order chi connectivity index (χ1) is 10.5. The van der Waals surface area contributed by atoms with Crippen molar-refractivity contribution in [2.24, 2.45) is 0 Å². The van der Waals surface area contributed by atoms with Crippen molar-refractivity contribution in [1.29, 1.82) is 0 Å².